The van der Waals surface area contributed by atoms with Crippen molar-refractivity contribution < 1.29 is 19.5 Å². The molecule has 2 aromatic rings. The number of nitrogens with one attached hydrogen (secondary N) is 2. The fourth-order valence-electron chi connectivity index (χ4n) is 4.91. The summed E-state index contributed by atoms with van der Waals surface area (Å²) in [5.74, 6) is 1.39. The summed E-state index contributed by atoms with van der Waals surface area (Å²) in [5, 5.41) is 21.9. The van der Waals surface area contributed by atoms with Gasteiger partial charge in [-0.25, -0.2) is 15.3 Å². The van der Waals surface area contributed by atoms with Gasteiger partial charge in [-0.1, -0.05) is 24.3 Å². The zero-order valence-corrected chi connectivity index (χ0v) is 18.5. The number of carboxylic acids is 1. The Morgan fingerprint density at radius 1 is 1.39 bits per heavy atom. The maximum Gasteiger partial charge on any atom is 0.304 e. The minimum absolute atomic E-state index is 0.0224. The Morgan fingerprint density at radius 3 is 3.00 bits per heavy atom. The molecule has 2 aromatic carbocycles. The van der Waals surface area contributed by atoms with E-state index in [1.165, 1.54) is 11.1 Å². The quantitative estimate of drug-likeness (QED) is 0.568. The van der Waals surface area contributed by atoms with Gasteiger partial charge in [0, 0.05) is 23.7 Å². The van der Waals surface area contributed by atoms with Crippen LogP contribution in [-0.4, -0.2) is 29.6 Å². The molecule has 170 valence electrons. The van der Waals surface area contributed by atoms with Crippen molar-refractivity contribution in [3.63, 3.8) is 0 Å². The minimum atomic E-state index is -0.794. The first kappa shape index (κ1) is 21.4. The van der Waals surface area contributed by atoms with Crippen LogP contribution in [0.25, 0.3) is 0 Å². The maximum atomic E-state index is 10.9. The van der Waals surface area contributed by atoms with Gasteiger partial charge in [-0.3, -0.25) is 4.79 Å². The predicted molar refractivity (Wildman–Crippen MR) is 121 cm³/mol. The van der Waals surface area contributed by atoms with Gasteiger partial charge in [0.1, 0.15) is 11.8 Å². The standard InChI is InChI=1S/C25H26N4O4/c1-13(2)32-20-7-6-14(10-15(20)12-26)25-28-24(29-33-25)17-5-3-4-16-22(17)18-11-19(18)23(16)27-9-8-21(30)31/h3-7,10,13,18-19,23,25,27H,8-9,11H2,1-2H3,(H,28,29)(H,30,31). The summed E-state index contributed by atoms with van der Waals surface area (Å²) >= 11 is 0. The molecule has 3 N–H and O–H groups in total. The lowest BCUT2D eigenvalue weighted by molar-refractivity contribution is -0.136. The van der Waals surface area contributed by atoms with Crippen molar-refractivity contribution in [3.8, 4) is 11.8 Å². The van der Waals surface area contributed by atoms with Gasteiger partial charge in [0.25, 0.3) is 0 Å². The summed E-state index contributed by atoms with van der Waals surface area (Å²) < 4.78 is 5.71. The van der Waals surface area contributed by atoms with E-state index in [1.54, 1.807) is 12.1 Å². The van der Waals surface area contributed by atoms with Crippen molar-refractivity contribution >= 4 is 11.8 Å². The van der Waals surface area contributed by atoms with Gasteiger partial charge >= 0.3 is 5.97 Å². The van der Waals surface area contributed by atoms with E-state index in [0.29, 0.717) is 35.5 Å². The van der Waals surface area contributed by atoms with Gasteiger partial charge < -0.3 is 15.2 Å². The first-order chi connectivity index (χ1) is 16.0. The molecule has 1 fully saturated rings. The third kappa shape index (κ3) is 4.06. The van der Waals surface area contributed by atoms with Crippen LogP contribution in [0.15, 0.2) is 41.4 Å². The molecular formula is C25H26N4O4. The van der Waals surface area contributed by atoms with Crippen LogP contribution >= 0.6 is 0 Å². The Morgan fingerprint density at radius 2 is 2.24 bits per heavy atom. The predicted octanol–water partition coefficient (Wildman–Crippen LogP) is 3.55. The van der Waals surface area contributed by atoms with E-state index in [2.05, 4.69) is 22.9 Å². The number of aliphatic carboxylic acids is 1. The van der Waals surface area contributed by atoms with Crippen LogP contribution in [0.4, 0.5) is 0 Å². The lowest BCUT2D eigenvalue weighted by atomic mass is 9.97. The topological polar surface area (TPSA) is 116 Å². The molecule has 33 heavy (non-hydrogen) atoms. The number of benzene rings is 2. The molecule has 2 aliphatic carbocycles. The Balaban J connectivity index is 1.39. The molecule has 0 aromatic heterocycles. The van der Waals surface area contributed by atoms with E-state index < -0.39 is 12.2 Å². The average molecular weight is 447 g/mol. The van der Waals surface area contributed by atoms with Crippen LogP contribution in [0.5, 0.6) is 5.75 Å². The Kier molecular flexibility index (Phi) is 5.52. The number of hydrogen-bond donors (Lipinski definition) is 3. The van der Waals surface area contributed by atoms with Crippen molar-refractivity contribution in [1.82, 2.24) is 10.8 Å². The second kappa shape index (κ2) is 8.50. The number of hydroxylamine groups is 1. The van der Waals surface area contributed by atoms with E-state index >= 15 is 0 Å². The molecule has 8 nitrogen and oxygen atoms in total. The van der Waals surface area contributed by atoms with Crippen molar-refractivity contribution in [3.05, 3.63) is 64.2 Å². The molecule has 0 spiro atoms. The highest BCUT2D eigenvalue weighted by Crippen LogP contribution is 2.62. The highest BCUT2D eigenvalue weighted by molar-refractivity contribution is 6.01. The summed E-state index contributed by atoms with van der Waals surface area (Å²) in [6.45, 7) is 4.30. The number of aliphatic imine (C=N–C) groups is 1. The number of nitrogens with zero attached hydrogens (tertiary/aromatic N) is 2. The lowest BCUT2D eigenvalue weighted by Gasteiger charge is -2.18. The van der Waals surface area contributed by atoms with Crippen LogP contribution in [-0.2, 0) is 9.63 Å². The second-order valence-corrected chi connectivity index (χ2v) is 8.97. The van der Waals surface area contributed by atoms with Crippen molar-refractivity contribution in [2.24, 2.45) is 10.9 Å². The van der Waals surface area contributed by atoms with Gasteiger partial charge in [-0.05, 0) is 55.4 Å². The minimum Gasteiger partial charge on any atom is -0.490 e. The Labute approximate surface area is 192 Å². The summed E-state index contributed by atoms with van der Waals surface area (Å²) in [4.78, 5) is 21.4. The fourth-order valence-corrected chi connectivity index (χ4v) is 4.91. The third-order valence-electron chi connectivity index (χ3n) is 6.36. The van der Waals surface area contributed by atoms with Crippen molar-refractivity contribution in [2.75, 3.05) is 6.54 Å². The second-order valence-electron chi connectivity index (χ2n) is 8.97. The Hall–Kier alpha value is -3.41. The highest BCUT2D eigenvalue weighted by Gasteiger charge is 2.53. The van der Waals surface area contributed by atoms with Crippen LogP contribution in [0.3, 0.4) is 0 Å². The maximum absolute atomic E-state index is 10.9. The molecule has 5 rings (SSSR count). The average Bonchev–Trinajstić information content (AvgIpc) is 3.29. The van der Waals surface area contributed by atoms with Crippen LogP contribution in [0.1, 0.15) is 72.7 Å². The van der Waals surface area contributed by atoms with Crippen molar-refractivity contribution in [1.29, 1.82) is 5.26 Å². The molecule has 1 aliphatic heterocycles. The number of hydrogen-bond acceptors (Lipinski definition) is 7. The van der Waals surface area contributed by atoms with E-state index in [0.717, 1.165) is 17.5 Å². The third-order valence-corrected chi connectivity index (χ3v) is 6.36. The zero-order valence-electron chi connectivity index (χ0n) is 18.5. The number of carbonyl (C=O) groups is 1. The van der Waals surface area contributed by atoms with Gasteiger partial charge in [0.15, 0.2) is 5.84 Å². The molecule has 1 heterocycles. The molecule has 0 bridgehead atoms. The molecule has 0 radical (unpaired) electrons. The summed E-state index contributed by atoms with van der Waals surface area (Å²) in [5.41, 5.74) is 7.71. The number of amidine groups is 1. The first-order valence-electron chi connectivity index (χ1n) is 11.2. The van der Waals surface area contributed by atoms with E-state index in [9.17, 15) is 10.1 Å². The monoisotopic (exact) mass is 446 g/mol. The van der Waals surface area contributed by atoms with Crippen LogP contribution in [0.2, 0.25) is 0 Å². The van der Waals surface area contributed by atoms with Gasteiger partial charge in [-0.15, -0.1) is 0 Å². The van der Waals surface area contributed by atoms with Gasteiger partial charge in [0.2, 0.25) is 6.23 Å². The zero-order chi connectivity index (χ0) is 23.1. The molecule has 3 aliphatic rings. The fraction of sp³-hybridized carbons (Fsp3) is 0.400. The summed E-state index contributed by atoms with van der Waals surface area (Å²) in [6, 6.07) is 13.9. The summed E-state index contributed by atoms with van der Waals surface area (Å²) in [7, 11) is 0. The molecule has 1 saturated carbocycles. The van der Waals surface area contributed by atoms with Crippen molar-refractivity contribution in [2.45, 2.75) is 51.0 Å². The number of ether oxygens (including phenoxy) is 1. The number of fused-ring (bicyclic) bond motifs is 3. The van der Waals surface area contributed by atoms with Gasteiger partial charge in [-0.2, -0.15) is 5.26 Å². The lowest BCUT2D eigenvalue weighted by Crippen LogP contribution is -2.25. The molecule has 4 unspecified atom stereocenters. The number of nitriles is 1. The summed E-state index contributed by atoms with van der Waals surface area (Å²) in [6.07, 6.45) is 0.621. The highest BCUT2D eigenvalue weighted by atomic mass is 16.7. The van der Waals surface area contributed by atoms with E-state index in [4.69, 9.17) is 19.7 Å². The van der Waals surface area contributed by atoms with E-state index in [1.807, 2.05) is 32.0 Å². The SMILES string of the molecule is CC(C)Oc1ccc(C2N=C(c3cccc4c3C3CC3C4NCCC(=O)O)NO2)cc1C#N. The largest absolute Gasteiger partial charge is 0.490 e. The molecular weight excluding hydrogens is 420 g/mol. The van der Waals surface area contributed by atoms with Crippen LogP contribution in [0, 0.1) is 17.2 Å². The number of carboxylic acid groups (broad SMARTS) is 1. The smallest absolute Gasteiger partial charge is 0.304 e. The molecule has 0 amide bonds. The van der Waals surface area contributed by atoms with Crippen LogP contribution < -0.4 is 15.5 Å². The van der Waals surface area contributed by atoms with E-state index in [-0.39, 0.29) is 18.6 Å². The van der Waals surface area contributed by atoms with Gasteiger partial charge in [0.05, 0.1) is 18.1 Å². The molecule has 8 heteroatoms. The molecule has 0 saturated heterocycles. The Bertz CT molecular complexity index is 1170. The number of rotatable bonds is 8. The molecule has 4 atom stereocenters. The first-order valence-corrected chi connectivity index (χ1v) is 11.2. The normalized spacial score (nSPS) is 24.5.